The van der Waals surface area contributed by atoms with Crippen molar-refractivity contribution in [1.29, 1.82) is 0 Å². The molecule has 0 unspecified atom stereocenters. The molecule has 26 heavy (non-hydrogen) atoms. The molecule has 10 heteroatoms. The Hall–Kier alpha value is -3.43. The summed E-state index contributed by atoms with van der Waals surface area (Å²) in [6.45, 7) is 0.423. The molecule has 4 aromatic rings. The third-order valence-corrected chi connectivity index (χ3v) is 3.56. The van der Waals surface area contributed by atoms with E-state index >= 15 is 0 Å². The number of halogens is 3. The van der Waals surface area contributed by atoms with Gasteiger partial charge < -0.3 is 9.72 Å². The van der Waals surface area contributed by atoms with Gasteiger partial charge in [-0.1, -0.05) is 6.07 Å². The summed E-state index contributed by atoms with van der Waals surface area (Å²) in [7, 11) is 0. The first-order valence-corrected chi connectivity index (χ1v) is 7.61. The van der Waals surface area contributed by atoms with Gasteiger partial charge in [-0.3, -0.25) is 4.68 Å². The van der Waals surface area contributed by atoms with Crippen LogP contribution in [0.5, 0.6) is 0 Å². The van der Waals surface area contributed by atoms with Gasteiger partial charge in [0.05, 0.1) is 12.2 Å². The lowest BCUT2D eigenvalue weighted by Crippen LogP contribution is -2.10. The Bertz CT molecular complexity index is 1020. The molecule has 0 aromatic carbocycles. The zero-order valence-electron chi connectivity index (χ0n) is 13.2. The molecule has 0 bridgehead atoms. The Kier molecular flexibility index (Phi) is 3.79. The van der Waals surface area contributed by atoms with Gasteiger partial charge in [0.15, 0.2) is 5.82 Å². The van der Waals surface area contributed by atoms with Gasteiger partial charge in [-0.05, 0) is 18.2 Å². The largest absolute Gasteiger partial charge is 0.433 e. The maximum Gasteiger partial charge on any atom is 0.433 e. The summed E-state index contributed by atoms with van der Waals surface area (Å²) in [6.07, 6.45) is 2.00. The van der Waals surface area contributed by atoms with E-state index in [9.17, 15) is 13.2 Å². The Morgan fingerprint density at radius 1 is 1.04 bits per heavy atom. The van der Waals surface area contributed by atoms with Crippen molar-refractivity contribution in [2.24, 2.45) is 0 Å². The fraction of sp³-hybridized carbons (Fsp3) is 0.125. The zero-order chi connectivity index (χ0) is 18.1. The van der Waals surface area contributed by atoms with Crippen molar-refractivity contribution in [2.45, 2.75) is 12.7 Å². The maximum absolute atomic E-state index is 12.7. The van der Waals surface area contributed by atoms with Crippen LogP contribution in [0.2, 0.25) is 0 Å². The number of imidazole rings is 1. The third kappa shape index (κ3) is 3.34. The van der Waals surface area contributed by atoms with Crippen LogP contribution in [0.15, 0.2) is 55.1 Å². The molecule has 0 radical (unpaired) electrons. The minimum Gasteiger partial charge on any atom is -0.307 e. The molecular formula is C16H12F3N7. The minimum atomic E-state index is -4.53. The lowest BCUT2D eigenvalue weighted by Gasteiger charge is -2.07. The number of hydrogen-bond donors (Lipinski definition) is 1. The molecule has 0 saturated heterocycles. The fourth-order valence-electron chi connectivity index (χ4n) is 2.44. The van der Waals surface area contributed by atoms with E-state index in [1.165, 1.54) is 0 Å². The summed E-state index contributed by atoms with van der Waals surface area (Å²) >= 11 is 0. The van der Waals surface area contributed by atoms with E-state index in [4.69, 9.17) is 0 Å². The lowest BCUT2D eigenvalue weighted by molar-refractivity contribution is -0.141. The molecule has 0 aliphatic carbocycles. The van der Waals surface area contributed by atoms with Gasteiger partial charge in [-0.15, -0.1) is 0 Å². The second kappa shape index (κ2) is 6.14. The Labute approximate surface area is 145 Å². The van der Waals surface area contributed by atoms with Crippen molar-refractivity contribution in [3.8, 4) is 0 Å². The van der Waals surface area contributed by atoms with Gasteiger partial charge in [-0.25, -0.2) is 15.0 Å². The lowest BCUT2D eigenvalue weighted by atomic mass is 10.4. The van der Waals surface area contributed by atoms with Crippen molar-refractivity contribution in [2.75, 3.05) is 5.32 Å². The molecule has 4 heterocycles. The topological polar surface area (TPSA) is 72.9 Å². The van der Waals surface area contributed by atoms with Crippen LogP contribution < -0.4 is 5.32 Å². The molecule has 0 amide bonds. The molecule has 0 atom stereocenters. The van der Waals surface area contributed by atoms with Gasteiger partial charge in [0.25, 0.3) is 0 Å². The maximum atomic E-state index is 12.7. The normalized spacial score (nSPS) is 11.8. The first-order chi connectivity index (χ1) is 12.5. The number of rotatable bonds is 4. The molecular weight excluding hydrogens is 347 g/mol. The number of nitrogens with one attached hydrogen (secondary N) is 1. The van der Waals surface area contributed by atoms with Crippen LogP contribution in [-0.2, 0) is 12.7 Å². The summed E-state index contributed by atoms with van der Waals surface area (Å²) in [5, 5.41) is 6.93. The van der Waals surface area contributed by atoms with Crippen molar-refractivity contribution in [3.05, 3.63) is 66.5 Å². The van der Waals surface area contributed by atoms with Gasteiger partial charge >= 0.3 is 6.18 Å². The number of pyridine rings is 1. The van der Waals surface area contributed by atoms with Gasteiger partial charge in [0, 0.05) is 30.9 Å². The van der Waals surface area contributed by atoms with Gasteiger partial charge in [0.2, 0.25) is 5.95 Å². The summed E-state index contributed by atoms with van der Waals surface area (Å²) in [5.41, 5.74) is 0.616. The molecule has 0 aliphatic heterocycles. The van der Waals surface area contributed by atoms with Crippen LogP contribution in [-0.4, -0.2) is 29.1 Å². The highest BCUT2D eigenvalue weighted by molar-refractivity contribution is 5.46. The number of hydrogen-bond acceptors (Lipinski definition) is 5. The van der Waals surface area contributed by atoms with Crippen LogP contribution in [0.25, 0.3) is 5.65 Å². The summed E-state index contributed by atoms with van der Waals surface area (Å²) in [6, 6.07) is 8.14. The Balaban J connectivity index is 1.49. The SMILES string of the molecule is FC(F)(F)c1ccnc(Nc2ccn(Cc3cn4ccccc4n3)n2)n1. The van der Waals surface area contributed by atoms with E-state index < -0.39 is 11.9 Å². The average Bonchev–Trinajstić information content (AvgIpc) is 3.20. The van der Waals surface area contributed by atoms with E-state index in [0.717, 1.165) is 23.6 Å². The van der Waals surface area contributed by atoms with Crippen molar-refractivity contribution in [1.82, 2.24) is 29.1 Å². The van der Waals surface area contributed by atoms with Crippen LogP contribution in [0.3, 0.4) is 0 Å². The highest BCUT2D eigenvalue weighted by Crippen LogP contribution is 2.27. The predicted molar refractivity (Wildman–Crippen MR) is 86.8 cm³/mol. The molecule has 0 saturated carbocycles. The molecule has 4 aromatic heterocycles. The number of aromatic nitrogens is 6. The third-order valence-electron chi connectivity index (χ3n) is 3.56. The Morgan fingerprint density at radius 3 is 2.73 bits per heavy atom. The van der Waals surface area contributed by atoms with Crippen LogP contribution in [0.1, 0.15) is 11.4 Å². The van der Waals surface area contributed by atoms with E-state index in [1.54, 1.807) is 16.9 Å². The van der Waals surface area contributed by atoms with Gasteiger partial charge in [0.1, 0.15) is 11.3 Å². The van der Waals surface area contributed by atoms with Crippen LogP contribution >= 0.6 is 0 Å². The number of anilines is 2. The van der Waals surface area contributed by atoms with E-state index in [1.807, 2.05) is 35.0 Å². The first-order valence-electron chi connectivity index (χ1n) is 7.61. The smallest absolute Gasteiger partial charge is 0.307 e. The Morgan fingerprint density at radius 2 is 1.92 bits per heavy atom. The molecule has 132 valence electrons. The quantitative estimate of drug-likeness (QED) is 0.606. The number of fused-ring (bicyclic) bond motifs is 1. The molecule has 4 rings (SSSR count). The minimum absolute atomic E-state index is 0.169. The summed E-state index contributed by atoms with van der Waals surface area (Å²) in [5.74, 6) is 0.172. The molecule has 1 N–H and O–H groups in total. The molecule has 0 fully saturated rings. The van der Waals surface area contributed by atoms with E-state index in [-0.39, 0.29) is 5.95 Å². The van der Waals surface area contributed by atoms with Crippen molar-refractivity contribution >= 4 is 17.4 Å². The van der Waals surface area contributed by atoms with Crippen LogP contribution in [0, 0.1) is 0 Å². The molecule has 0 aliphatic rings. The monoisotopic (exact) mass is 359 g/mol. The number of nitrogens with zero attached hydrogens (tertiary/aromatic N) is 6. The van der Waals surface area contributed by atoms with Crippen LogP contribution in [0.4, 0.5) is 24.9 Å². The average molecular weight is 359 g/mol. The van der Waals surface area contributed by atoms with Gasteiger partial charge in [-0.2, -0.15) is 18.3 Å². The summed E-state index contributed by atoms with van der Waals surface area (Å²) in [4.78, 5) is 11.7. The number of alkyl halides is 3. The van der Waals surface area contributed by atoms with Crippen molar-refractivity contribution in [3.63, 3.8) is 0 Å². The second-order valence-electron chi connectivity index (χ2n) is 5.49. The van der Waals surface area contributed by atoms with E-state index in [0.29, 0.717) is 12.4 Å². The first kappa shape index (κ1) is 16.1. The zero-order valence-corrected chi connectivity index (χ0v) is 13.2. The highest BCUT2D eigenvalue weighted by Gasteiger charge is 2.32. The molecule has 7 nitrogen and oxygen atoms in total. The standard InChI is InChI=1S/C16H12F3N7/c17-16(18,19)12-4-6-20-15(22-12)23-13-5-8-26(24-13)10-11-9-25-7-2-1-3-14(25)21-11/h1-9H,10H2,(H,20,22,23,24). The summed E-state index contributed by atoms with van der Waals surface area (Å²) < 4.78 is 41.6. The van der Waals surface area contributed by atoms with E-state index in [2.05, 4.69) is 25.4 Å². The predicted octanol–water partition coefficient (Wildman–Crippen LogP) is 3.13. The molecule has 0 spiro atoms. The second-order valence-corrected chi connectivity index (χ2v) is 5.49. The highest BCUT2D eigenvalue weighted by atomic mass is 19.4. The van der Waals surface area contributed by atoms with Crippen molar-refractivity contribution < 1.29 is 13.2 Å². The fourth-order valence-corrected chi connectivity index (χ4v) is 2.44.